The first-order valence-corrected chi connectivity index (χ1v) is 8.57. The number of carbonyl (C=O) groups excluding carboxylic acids is 1. The van der Waals surface area contributed by atoms with E-state index in [-0.39, 0.29) is 16.6 Å². The van der Waals surface area contributed by atoms with Crippen LogP contribution < -0.4 is 14.8 Å². The highest BCUT2D eigenvalue weighted by Gasteiger charge is 2.22. The Morgan fingerprint density at radius 1 is 1.12 bits per heavy atom. The fourth-order valence-corrected chi connectivity index (χ4v) is 2.80. The van der Waals surface area contributed by atoms with E-state index in [1.165, 1.54) is 18.2 Å². The van der Waals surface area contributed by atoms with Gasteiger partial charge < -0.3 is 14.8 Å². The number of nitrogens with one attached hydrogen (secondary N) is 1. The van der Waals surface area contributed by atoms with Crippen molar-refractivity contribution in [2.24, 2.45) is 0 Å². The van der Waals surface area contributed by atoms with Gasteiger partial charge in [-0.25, -0.2) is 0 Å². The lowest BCUT2D eigenvalue weighted by Gasteiger charge is -2.16. The molecule has 1 aliphatic heterocycles. The molecule has 0 bridgehead atoms. The van der Waals surface area contributed by atoms with E-state index < -0.39 is 11.0 Å². The van der Waals surface area contributed by atoms with E-state index in [1.54, 1.807) is 24.3 Å². The summed E-state index contributed by atoms with van der Waals surface area (Å²) >= 11 is 6.02. The summed E-state index contributed by atoms with van der Waals surface area (Å²) in [6.45, 7) is 0.682. The van der Waals surface area contributed by atoms with Crippen LogP contribution in [-0.4, -0.2) is 23.5 Å². The summed E-state index contributed by atoms with van der Waals surface area (Å²) < 4.78 is 11.4. The molecule has 1 atom stereocenters. The van der Waals surface area contributed by atoms with E-state index >= 15 is 0 Å². The first-order valence-electron chi connectivity index (χ1n) is 8.19. The minimum absolute atomic E-state index is 0.0968. The van der Waals surface area contributed by atoms with Crippen LogP contribution in [-0.2, 0) is 4.79 Å². The first-order chi connectivity index (χ1) is 12.5. The van der Waals surface area contributed by atoms with Crippen molar-refractivity contribution >= 4 is 23.2 Å². The van der Waals surface area contributed by atoms with Gasteiger partial charge in [-0.1, -0.05) is 11.6 Å². The zero-order valence-electron chi connectivity index (χ0n) is 13.8. The van der Waals surface area contributed by atoms with E-state index in [0.29, 0.717) is 30.2 Å². The molecule has 0 radical (unpaired) electrons. The van der Waals surface area contributed by atoms with E-state index in [4.69, 9.17) is 21.1 Å². The molecule has 0 aliphatic carbocycles. The zero-order valence-corrected chi connectivity index (χ0v) is 14.6. The lowest BCUT2D eigenvalue weighted by molar-refractivity contribution is -0.384. The van der Waals surface area contributed by atoms with Gasteiger partial charge in [-0.2, -0.15) is 0 Å². The highest BCUT2D eigenvalue weighted by atomic mass is 35.5. The lowest BCUT2D eigenvalue weighted by Crippen LogP contribution is -2.36. The highest BCUT2D eigenvalue weighted by Crippen LogP contribution is 2.33. The molecule has 0 aromatic heterocycles. The highest BCUT2D eigenvalue weighted by molar-refractivity contribution is 6.32. The maximum atomic E-state index is 11.9. The van der Waals surface area contributed by atoms with Crippen LogP contribution in [0.1, 0.15) is 19.3 Å². The number of non-ortho nitro benzene ring substituents is 1. The Balaban J connectivity index is 1.66. The third-order valence-electron chi connectivity index (χ3n) is 3.94. The lowest BCUT2D eigenvalue weighted by atomic mass is 10.2. The summed E-state index contributed by atoms with van der Waals surface area (Å²) in [5.41, 5.74) is -0.104. The fraction of sp³-hybridized carbons (Fsp3) is 0.278. The summed E-state index contributed by atoms with van der Waals surface area (Å²) in [7, 11) is 0. The molecule has 0 saturated carbocycles. The molecular weight excluding hydrogens is 360 g/mol. The van der Waals surface area contributed by atoms with Gasteiger partial charge in [0.05, 0.1) is 9.95 Å². The summed E-state index contributed by atoms with van der Waals surface area (Å²) in [5.74, 6) is 1.28. The number of hydrogen-bond acceptors (Lipinski definition) is 5. The molecule has 8 heteroatoms. The molecule has 3 rings (SSSR count). The molecule has 0 spiro atoms. The standard InChI is InChI=1S/C18H17ClN2O5/c19-15-11-12(21(23)24)4-9-16(15)25-13-5-7-14(8-6-13)26-17-3-1-2-10-20-18(17)22/h4-9,11,17H,1-3,10H2,(H,20,22)/t17-/m0/s1. The van der Waals surface area contributed by atoms with Crippen LogP contribution in [0.3, 0.4) is 0 Å². The van der Waals surface area contributed by atoms with Gasteiger partial charge in [0.1, 0.15) is 17.2 Å². The number of carbonyl (C=O) groups is 1. The van der Waals surface area contributed by atoms with E-state index in [0.717, 1.165) is 12.8 Å². The number of rotatable bonds is 5. The minimum Gasteiger partial charge on any atom is -0.481 e. The van der Waals surface area contributed by atoms with Crippen LogP contribution in [0.4, 0.5) is 5.69 Å². The summed E-state index contributed by atoms with van der Waals surface area (Å²) in [6, 6.07) is 10.8. The van der Waals surface area contributed by atoms with Gasteiger partial charge in [-0.05, 0) is 49.6 Å². The van der Waals surface area contributed by atoms with Gasteiger partial charge in [0.25, 0.3) is 11.6 Å². The van der Waals surface area contributed by atoms with Gasteiger partial charge in [0, 0.05) is 18.7 Å². The maximum absolute atomic E-state index is 11.9. The van der Waals surface area contributed by atoms with E-state index in [1.807, 2.05) is 0 Å². The maximum Gasteiger partial charge on any atom is 0.271 e. The normalized spacial score (nSPS) is 17.1. The summed E-state index contributed by atoms with van der Waals surface area (Å²) in [4.78, 5) is 22.1. The predicted octanol–water partition coefficient (Wildman–Crippen LogP) is 4.09. The zero-order chi connectivity index (χ0) is 18.5. The molecule has 1 amide bonds. The predicted molar refractivity (Wildman–Crippen MR) is 95.9 cm³/mol. The quantitative estimate of drug-likeness (QED) is 0.627. The second kappa shape index (κ2) is 8.05. The number of nitro groups is 1. The molecule has 1 N–H and O–H groups in total. The average Bonchev–Trinajstić information content (AvgIpc) is 2.83. The van der Waals surface area contributed by atoms with E-state index in [2.05, 4.69) is 5.32 Å². The van der Waals surface area contributed by atoms with Gasteiger partial charge in [-0.3, -0.25) is 14.9 Å². The molecule has 2 aromatic carbocycles. The number of nitrogens with zero attached hydrogens (tertiary/aromatic N) is 1. The van der Waals surface area contributed by atoms with Crippen LogP contribution in [0.25, 0.3) is 0 Å². The summed E-state index contributed by atoms with van der Waals surface area (Å²) in [6.07, 6.45) is 2.08. The van der Waals surface area contributed by atoms with Gasteiger partial charge in [0.15, 0.2) is 6.10 Å². The van der Waals surface area contributed by atoms with Crippen molar-refractivity contribution in [3.05, 3.63) is 57.6 Å². The topological polar surface area (TPSA) is 90.7 Å². The van der Waals surface area contributed by atoms with Crippen molar-refractivity contribution in [1.82, 2.24) is 5.32 Å². The monoisotopic (exact) mass is 376 g/mol. The molecule has 26 heavy (non-hydrogen) atoms. The molecule has 1 fully saturated rings. The number of halogens is 1. The van der Waals surface area contributed by atoms with Gasteiger partial charge in [-0.15, -0.1) is 0 Å². The van der Waals surface area contributed by atoms with Gasteiger partial charge >= 0.3 is 0 Å². The Bertz CT molecular complexity index is 810. The van der Waals surface area contributed by atoms with Crippen LogP contribution in [0, 0.1) is 10.1 Å². The molecule has 136 valence electrons. The SMILES string of the molecule is O=C1NCCCC[C@@H]1Oc1ccc(Oc2ccc([N+](=O)[O-])cc2Cl)cc1. The Kier molecular flexibility index (Phi) is 5.58. The summed E-state index contributed by atoms with van der Waals surface area (Å²) in [5, 5.41) is 13.7. The van der Waals surface area contributed by atoms with E-state index in [9.17, 15) is 14.9 Å². The molecule has 1 heterocycles. The number of nitro benzene ring substituents is 1. The fourth-order valence-electron chi connectivity index (χ4n) is 2.59. The van der Waals surface area contributed by atoms with Crippen molar-refractivity contribution in [2.75, 3.05) is 6.54 Å². The van der Waals surface area contributed by atoms with Gasteiger partial charge in [0.2, 0.25) is 0 Å². The number of hydrogen-bond donors (Lipinski definition) is 1. The Morgan fingerprint density at radius 3 is 2.54 bits per heavy atom. The Labute approximate surface area is 155 Å². The molecule has 2 aromatic rings. The number of ether oxygens (including phenoxy) is 2. The smallest absolute Gasteiger partial charge is 0.271 e. The van der Waals surface area contributed by atoms with Crippen molar-refractivity contribution in [3.63, 3.8) is 0 Å². The first kappa shape index (κ1) is 18.0. The van der Waals surface area contributed by atoms with Crippen molar-refractivity contribution in [3.8, 4) is 17.2 Å². The third kappa shape index (κ3) is 4.43. The largest absolute Gasteiger partial charge is 0.481 e. The second-order valence-corrected chi connectivity index (χ2v) is 6.25. The van der Waals surface area contributed by atoms with Crippen molar-refractivity contribution in [1.29, 1.82) is 0 Å². The van der Waals surface area contributed by atoms with Crippen LogP contribution in [0.15, 0.2) is 42.5 Å². The second-order valence-electron chi connectivity index (χ2n) is 5.84. The van der Waals surface area contributed by atoms with Crippen LogP contribution in [0.2, 0.25) is 5.02 Å². The average molecular weight is 377 g/mol. The Morgan fingerprint density at radius 2 is 1.85 bits per heavy atom. The van der Waals surface area contributed by atoms with Crippen molar-refractivity contribution < 1.29 is 19.2 Å². The van der Waals surface area contributed by atoms with Crippen LogP contribution in [0.5, 0.6) is 17.2 Å². The molecule has 1 aliphatic rings. The number of amides is 1. The van der Waals surface area contributed by atoms with Crippen molar-refractivity contribution in [2.45, 2.75) is 25.4 Å². The minimum atomic E-state index is -0.522. The molecule has 1 saturated heterocycles. The Hall–Kier alpha value is -2.80. The molecule has 7 nitrogen and oxygen atoms in total. The number of benzene rings is 2. The molecular formula is C18H17ClN2O5. The van der Waals surface area contributed by atoms with Crippen LogP contribution >= 0.6 is 11.6 Å². The third-order valence-corrected chi connectivity index (χ3v) is 4.24. The molecule has 0 unspecified atom stereocenters.